The SMILES string of the molecule is FC(F)(F)CN/C(S)=N/N=C(/C(=N/N=C(\S)NCC(F)(F)F)c1ccccc1)c1ccccc1. The van der Waals surface area contributed by atoms with E-state index < -0.39 is 35.8 Å². The molecular weight excluding hydrogens is 502 g/mol. The highest BCUT2D eigenvalue weighted by Gasteiger charge is 2.27. The molecule has 0 spiro atoms. The first-order valence-electron chi connectivity index (χ1n) is 9.36. The number of hydrogen-bond donors (Lipinski definition) is 4. The summed E-state index contributed by atoms with van der Waals surface area (Å²) in [5.41, 5.74) is 1.08. The second-order valence-electron chi connectivity index (χ2n) is 6.41. The molecule has 2 N–H and O–H groups in total. The normalized spacial score (nSPS) is 14.2. The molecule has 0 heterocycles. The molecule has 2 aromatic rings. The van der Waals surface area contributed by atoms with Gasteiger partial charge in [0.05, 0.1) is 0 Å². The van der Waals surface area contributed by atoms with Crippen LogP contribution in [0, 0.1) is 0 Å². The zero-order valence-corrected chi connectivity index (χ0v) is 18.9. The average molecular weight is 521 g/mol. The van der Waals surface area contributed by atoms with Crippen LogP contribution in [0.2, 0.25) is 0 Å². The van der Waals surface area contributed by atoms with Gasteiger partial charge in [0.2, 0.25) is 0 Å². The molecule has 0 amide bonds. The van der Waals surface area contributed by atoms with Crippen LogP contribution in [0.25, 0.3) is 0 Å². The fourth-order valence-electron chi connectivity index (χ4n) is 2.30. The van der Waals surface area contributed by atoms with E-state index in [1.54, 1.807) is 60.7 Å². The number of halogens is 6. The summed E-state index contributed by atoms with van der Waals surface area (Å²) in [5.74, 6) is 0. The van der Waals surface area contributed by atoms with Crippen LogP contribution in [0.4, 0.5) is 26.3 Å². The number of nitrogens with one attached hydrogen (secondary N) is 2. The molecule has 0 aromatic heterocycles. The quantitative estimate of drug-likeness (QED) is 0.141. The largest absolute Gasteiger partial charge is 0.405 e. The van der Waals surface area contributed by atoms with E-state index >= 15 is 0 Å². The molecule has 14 heteroatoms. The molecule has 0 fully saturated rings. The van der Waals surface area contributed by atoms with Gasteiger partial charge in [0.25, 0.3) is 0 Å². The first kappa shape index (κ1) is 27.2. The highest BCUT2D eigenvalue weighted by molar-refractivity contribution is 7.97. The van der Waals surface area contributed by atoms with Gasteiger partial charge < -0.3 is 10.6 Å². The summed E-state index contributed by atoms with van der Waals surface area (Å²) < 4.78 is 74.6. The molecule has 2 aromatic carbocycles. The number of thiol groups is 2. The van der Waals surface area contributed by atoms with Crippen molar-refractivity contribution in [3.8, 4) is 0 Å². The Morgan fingerprint density at radius 1 is 0.588 bits per heavy atom. The number of nitrogens with zero attached hydrogens (tertiary/aromatic N) is 4. The fraction of sp³-hybridized carbons (Fsp3) is 0.200. The van der Waals surface area contributed by atoms with Gasteiger partial charge in [-0.25, -0.2) is 0 Å². The summed E-state index contributed by atoms with van der Waals surface area (Å²) in [7, 11) is 0. The molecule has 0 radical (unpaired) electrons. The Labute approximate surface area is 201 Å². The summed E-state index contributed by atoms with van der Waals surface area (Å²) >= 11 is 7.72. The van der Waals surface area contributed by atoms with E-state index in [1.165, 1.54) is 0 Å². The Balaban J connectivity index is 2.52. The third-order valence-corrected chi connectivity index (χ3v) is 4.20. The van der Waals surface area contributed by atoms with Gasteiger partial charge in [0.15, 0.2) is 10.3 Å². The molecule has 0 saturated heterocycles. The van der Waals surface area contributed by atoms with Gasteiger partial charge in [0, 0.05) is 11.1 Å². The highest BCUT2D eigenvalue weighted by atomic mass is 32.1. The lowest BCUT2D eigenvalue weighted by Gasteiger charge is -2.10. The number of benzene rings is 2. The predicted molar refractivity (Wildman–Crippen MR) is 127 cm³/mol. The summed E-state index contributed by atoms with van der Waals surface area (Å²) in [6.45, 7) is -2.74. The maximum Gasteiger partial charge on any atom is 0.405 e. The molecule has 0 aliphatic carbocycles. The van der Waals surface area contributed by atoms with Crippen LogP contribution < -0.4 is 10.6 Å². The topological polar surface area (TPSA) is 73.5 Å². The van der Waals surface area contributed by atoms with E-state index in [-0.39, 0.29) is 11.4 Å². The monoisotopic (exact) mass is 520 g/mol. The van der Waals surface area contributed by atoms with Gasteiger partial charge in [0.1, 0.15) is 24.5 Å². The molecule has 2 rings (SSSR count). The van der Waals surface area contributed by atoms with Gasteiger partial charge in [-0.2, -0.15) is 26.3 Å². The third kappa shape index (κ3) is 10.3. The van der Waals surface area contributed by atoms with E-state index in [0.717, 1.165) is 0 Å². The van der Waals surface area contributed by atoms with Crippen LogP contribution >= 0.6 is 25.3 Å². The van der Waals surface area contributed by atoms with Crippen LogP contribution in [-0.2, 0) is 0 Å². The number of amidine groups is 2. The van der Waals surface area contributed by atoms with Crippen molar-refractivity contribution in [2.75, 3.05) is 13.1 Å². The lowest BCUT2D eigenvalue weighted by atomic mass is 10.00. The number of rotatable bonds is 7. The van der Waals surface area contributed by atoms with Crippen LogP contribution in [0.1, 0.15) is 11.1 Å². The second kappa shape index (κ2) is 12.5. The van der Waals surface area contributed by atoms with E-state index in [9.17, 15) is 26.3 Å². The van der Waals surface area contributed by atoms with E-state index in [1.807, 2.05) is 10.6 Å². The fourth-order valence-corrected chi connectivity index (χ4v) is 2.55. The Hall–Kier alpha value is -3.00. The molecule has 0 atom stereocenters. The zero-order valence-electron chi connectivity index (χ0n) is 17.1. The van der Waals surface area contributed by atoms with Gasteiger partial charge in [-0.3, -0.25) is 0 Å². The van der Waals surface area contributed by atoms with Crippen molar-refractivity contribution in [2.24, 2.45) is 20.4 Å². The van der Waals surface area contributed by atoms with Crippen LogP contribution in [0.3, 0.4) is 0 Å². The predicted octanol–water partition coefficient (Wildman–Crippen LogP) is 4.67. The molecule has 34 heavy (non-hydrogen) atoms. The van der Waals surface area contributed by atoms with Gasteiger partial charge in [-0.15, -0.1) is 45.7 Å². The summed E-state index contributed by atoms with van der Waals surface area (Å²) in [5, 5.41) is 18.5. The maximum absolute atomic E-state index is 12.4. The van der Waals surface area contributed by atoms with Crippen molar-refractivity contribution in [3.63, 3.8) is 0 Å². The minimum Gasteiger partial charge on any atom is -0.354 e. The minimum absolute atomic E-state index is 0.0767. The van der Waals surface area contributed by atoms with E-state index in [0.29, 0.717) is 11.1 Å². The van der Waals surface area contributed by atoms with Crippen LogP contribution in [0.5, 0.6) is 0 Å². The first-order chi connectivity index (χ1) is 15.9. The Bertz CT molecular complexity index is 965. The number of alkyl halides is 6. The molecule has 182 valence electrons. The highest BCUT2D eigenvalue weighted by Crippen LogP contribution is 2.14. The van der Waals surface area contributed by atoms with Crippen molar-refractivity contribution < 1.29 is 26.3 Å². The molecule has 0 bridgehead atoms. The van der Waals surface area contributed by atoms with Crippen LogP contribution in [-0.4, -0.2) is 47.2 Å². The average Bonchev–Trinajstić information content (AvgIpc) is 2.78. The van der Waals surface area contributed by atoms with Crippen LogP contribution in [0.15, 0.2) is 81.1 Å². The first-order valence-corrected chi connectivity index (χ1v) is 10.3. The summed E-state index contributed by atoms with van der Waals surface area (Å²) in [6.07, 6.45) is -8.99. The lowest BCUT2D eigenvalue weighted by Crippen LogP contribution is -2.31. The van der Waals surface area contributed by atoms with Crippen molar-refractivity contribution in [1.82, 2.24) is 10.6 Å². The molecular formula is C20H18F6N6S2. The van der Waals surface area contributed by atoms with Gasteiger partial charge in [-0.05, 0) is 0 Å². The third-order valence-electron chi connectivity index (χ3n) is 3.70. The smallest absolute Gasteiger partial charge is 0.354 e. The molecule has 0 aliphatic rings. The Kier molecular flexibility index (Phi) is 9.98. The van der Waals surface area contributed by atoms with Gasteiger partial charge in [-0.1, -0.05) is 60.7 Å². The van der Waals surface area contributed by atoms with Crippen molar-refractivity contribution >= 4 is 47.0 Å². The van der Waals surface area contributed by atoms with E-state index in [2.05, 4.69) is 45.7 Å². The lowest BCUT2D eigenvalue weighted by molar-refractivity contribution is -0.122. The van der Waals surface area contributed by atoms with Crippen molar-refractivity contribution in [3.05, 3.63) is 71.8 Å². The summed E-state index contributed by atoms with van der Waals surface area (Å²) in [4.78, 5) is 0. The van der Waals surface area contributed by atoms with Crippen molar-refractivity contribution in [1.29, 1.82) is 0 Å². The number of hydrogen-bond acceptors (Lipinski definition) is 4. The molecule has 0 aliphatic heterocycles. The zero-order chi connectivity index (χ0) is 25.2. The van der Waals surface area contributed by atoms with Gasteiger partial charge >= 0.3 is 12.4 Å². The Morgan fingerprint density at radius 2 is 0.912 bits per heavy atom. The standard InChI is InChI=1S/C20H18F6N6S2/c21-19(22,23)11-27-17(33)31-29-15(13-7-3-1-4-8-13)16(14-9-5-2-6-10-14)30-32-18(34)28-12-20(24,25)26/h1-10H,11-12H2,(H2,27,31,33)(H2,28,32,34)/b29-15+,30-16+. The molecule has 6 nitrogen and oxygen atoms in total. The Morgan fingerprint density at radius 3 is 1.21 bits per heavy atom. The minimum atomic E-state index is -4.49. The van der Waals surface area contributed by atoms with Crippen molar-refractivity contribution in [2.45, 2.75) is 12.4 Å². The molecule has 0 unspecified atom stereocenters. The maximum atomic E-state index is 12.4. The van der Waals surface area contributed by atoms with E-state index in [4.69, 9.17) is 0 Å². The second-order valence-corrected chi connectivity index (χ2v) is 7.26. The summed E-state index contributed by atoms with van der Waals surface area (Å²) in [6, 6.07) is 16.7. The molecule has 0 saturated carbocycles.